The SMILES string of the molecule is CC/C=c1\[nH]n2c(=O)c(CCC)c(CCC)nc2c1=Nc1ccc(N(CC)CC)cc1C. The second-order valence-corrected chi connectivity index (χ2v) is 8.24. The number of hydrogen-bond acceptors (Lipinski definition) is 4. The van der Waals surface area contributed by atoms with Crippen LogP contribution in [0.2, 0.25) is 0 Å². The first kappa shape index (κ1) is 23.8. The van der Waals surface area contributed by atoms with E-state index in [4.69, 9.17) is 9.98 Å². The van der Waals surface area contributed by atoms with E-state index in [0.717, 1.165) is 78.4 Å². The largest absolute Gasteiger partial charge is 0.372 e. The van der Waals surface area contributed by atoms with Crippen LogP contribution < -0.4 is 21.2 Å². The van der Waals surface area contributed by atoms with Crippen LogP contribution in [0.3, 0.4) is 0 Å². The molecule has 172 valence electrons. The number of fused-ring (bicyclic) bond motifs is 1. The second kappa shape index (κ2) is 10.6. The molecule has 1 N–H and O–H groups in total. The van der Waals surface area contributed by atoms with Crippen LogP contribution in [0.25, 0.3) is 11.7 Å². The lowest BCUT2D eigenvalue weighted by Crippen LogP contribution is -2.24. The number of H-pyrrole nitrogens is 1. The fourth-order valence-corrected chi connectivity index (χ4v) is 4.23. The highest BCUT2D eigenvalue weighted by Gasteiger charge is 2.15. The van der Waals surface area contributed by atoms with Gasteiger partial charge in [0.25, 0.3) is 5.56 Å². The molecule has 0 saturated heterocycles. The molecule has 0 amide bonds. The van der Waals surface area contributed by atoms with Gasteiger partial charge in [-0.15, -0.1) is 0 Å². The number of anilines is 1. The Balaban J connectivity index is 2.30. The summed E-state index contributed by atoms with van der Waals surface area (Å²) in [6.07, 6.45) is 6.34. The minimum Gasteiger partial charge on any atom is -0.372 e. The van der Waals surface area contributed by atoms with E-state index in [9.17, 15) is 4.79 Å². The first-order chi connectivity index (χ1) is 15.5. The molecule has 0 radical (unpaired) electrons. The molecular formula is C26H37N5O. The summed E-state index contributed by atoms with van der Waals surface area (Å²) in [5.74, 6) is 0. The Labute approximate surface area is 190 Å². The van der Waals surface area contributed by atoms with Crippen LogP contribution in [-0.2, 0) is 12.8 Å². The predicted molar refractivity (Wildman–Crippen MR) is 134 cm³/mol. The van der Waals surface area contributed by atoms with Crippen molar-refractivity contribution in [3.05, 3.63) is 56.1 Å². The number of rotatable bonds is 9. The number of benzene rings is 1. The highest BCUT2D eigenvalue weighted by molar-refractivity contribution is 5.58. The third-order valence-electron chi connectivity index (χ3n) is 5.90. The summed E-state index contributed by atoms with van der Waals surface area (Å²) in [6, 6.07) is 6.38. The summed E-state index contributed by atoms with van der Waals surface area (Å²) in [5.41, 5.74) is 5.56. The van der Waals surface area contributed by atoms with E-state index in [2.05, 4.69) is 75.8 Å². The Morgan fingerprint density at radius 3 is 2.41 bits per heavy atom. The van der Waals surface area contributed by atoms with Gasteiger partial charge in [-0.05, 0) is 63.8 Å². The zero-order chi connectivity index (χ0) is 23.3. The Kier molecular flexibility index (Phi) is 7.89. The molecule has 0 aliphatic rings. The molecule has 0 aliphatic heterocycles. The molecule has 0 aliphatic carbocycles. The second-order valence-electron chi connectivity index (χ2n) is 8.24. The van der Waals surface area contributed by atoms with Crippen molar-refractivity contribution in [1.82, 2.24) is 14.6 Å². The summed E-state index contributed by atoms with van der Waals surface area (Å²) in [6.45, 7) is 14.7. The number of nitrogens with zero attached hydrogens (tertiary/aromatic N) is 4. The molecule has 0 unspecified atom stereocenters. The molecule has 1 aromatic carbocycles. The van der Waals surface area contributed by atoms with Crippen molar-refractivity contribution >= 4 is 23.1 Å². The lowest BCUT2D eigenvalue weighted by Gasteiger charge is -2.21. The van der Waals surface area contributed by atoms with Crippen LogP contribution >= 0.6 is 0 Å². The molecule has 3 aromatic rings. The van der Waals surface area contributed by atoms with E-state index in [0.29, 0.717) is 5.65 Å². The van der Waals surface area contributed by atoms with Crippen LogP contribution in [0.5, 0.6) is 0 Å². The summed E-state index contributed by atoms with van der Waals surface area (Å²) in [4.78, 5) is 25.6. The normalized spacial score (nSPS) is 12.8. The van der Waals surface area contributed by atoms with Crippen LogP contribution in [0.4, 0.5) is 11.4 Å². The van der Waals surface area contributed by atoms with Crippen LogP contribution in [0.1, 0.15) is 70.7 Å². The van der Waals surface area contributed by atoms with Gasteiger partial charge in [-0.2, -0.15) is 4.52 Å². The van der Waals surface area contributed by atoms with Gasteiger partial charge < -0.3 is 4.90 Å². The molecule has 0 atom stereocenters. The summed E-state index contributed by atoms with van der Waals surface area (Å²) < 4.78 is 1.59. The molecule has 0 spiro atoms. The van der Waals surface area contributed by atoms with E-state index >= 15 is 0 Å². The van der Waals surface area contributed by atoms with E-state index in [-0.39, 0.29) is 5.56 Å². The number of aromatic nitrogens is 3. The van der Waals surface area contributed by atoms with Gasteiger partial charge in [0.15, 0.2) is 5.65 Å². The van der Waals surface area contributed by atoms with Crippen LogP contribution in [-0.4, -0.2) is 27.7 Å². The molecule has 0 fully saturated rings. The van der Waals surface area contributed by atoms with E-state index < -0.39 is 0 Å². The fourth-order valence-electron chi connectivity index (χ4n) is 4.23. The van der Waals surface area contributed by atoms with Crippen molar-refractivity contribution in [2.24, 2.45) is 4.99 Å². The molecule has 32 heavy (non-hydrogen) atoms. The van der Waals surface area contributed by atoms with Gasteiger partial charge in [-0.1, -0.05) is 39.7 Å². The minimum atomic E-state index is 0.00102. The summed E-state index contributed by atoms with van der Waals surface area (Å²) in [7, 11) is 0. The van der Waals surface area contributed by atoms with E-state index in [1.807, 2.05) is 0 Å². The van der Waals surface area contributed by atoms with Crippen molar-refractivity contribution < 1.29 is 0 Å². The molecule has 0 bridgehead atoms. The Bertz CT molecular complexity index is 1250. The Morgan fingerprint density at radius 1 is 1.09 bits per heavy atom. The van der Waals surface area contributed by atoms with E-state index in [1.165, 1.54) is 5.69 Å². The summed E-state index contributed by atoms with van der Waals surface area (Å²) >= 11 is 0. The van der Waals surface area contributed by atoms with Crippen LogP contribution in [0, 0.1) is 6.92 Å². The number of nitrogens with one attached hydrogen (secondary N) is 1. The van der Waals surface area contributed by atoms with Gasteiger partial charge in [-0.25, -0.2) is 9.98 Å². The maximum Gasteiger partial charge on any atom is 0.276 e. The average Bonchev–Trinajstić information content (AvgIpc) is 3.11. The fraction of sp³-hybridized carbons (Fsp3) is 0.500. The zero-order valence-corrected chi connectivity index (χ0v) is 20.5. The lowest BCUT2D eigenvalue weighted by molar-refractivity contribution is 0.776. The van der Waals surface area contributed by atoms with Crippen molar-refractivity contribution in [2.75, 3.05) is 18.0 Å². The average molecular weight is 436 g/mol. The third-order valence-corrected chi connectivity index (χ3v) is 5.90. The topological polar surface area (TPSA) is 65.8 Å². The molecule has 2 aromatic heterocycles. The maximum atomic E-state index is 13.3. The Morgan fingerprint density at radius 2 is 1.81 bits per heavy atom. The molecule has 2 heterocycles. The van der Waals surface area contributed by atoms with Crippen molar-refractivity contribution in [3.8, 4) is 0 Å². The lowest BCUT2D eigenvalue weighted by atomic mass is 10.1. The highest BCUT2D eigenvalue weighted by atomic mass is 16.1. The predicted octanol–water partition coefficient (Wildman–Crippen LogP) is 4.22. The number of aryl methyl sites for hydroxylation is 2. The molecule has 3 rings (SSSR count). The van der Waals surface area contributed by atoms with Gasteiger partial charge in [0, 0.05) is 24.3 Å². The maximum absolute atomic E-state index is 13.3. The zero-order valence-electron chi connectivity index (χ0n) is 20.5. The molecular weight excluding hydrogens is 398 g/mol. The molecule has 6 heteroatoms. The number of hydrogen-bond donors (Lipinski definition) is 1. The van der Waals surface area contributed by atoms with Crippen molar-refractivity contribution in [3.63, 3.8) is 0 Å². The van der Waals surface area contributed by atoms with Gasteiger partial charge in [-0.3, -0.25) is 9.89 Å². The standard InChI is InChI=1S/C26H37N5O/c1-7-12-20-22(13-8-2)28-25-24(23(14-9-3)29-31(25)26(20)32)27-21-16-15-19(17-18(21)6)30(10-4)11-5/h14-17,29H,7-13H2,1-6H3/b23-14-,27-24?. The smallest absolute Gasteiger partial charge is 0.276 e. The van der Waals surface area contributed by atoms with Gasteiger partial charge in [0.05, 0.1) is 16.7 Å². The van der Waals surface area contributed by atoms with Gasteiger partial charge in [0.2, 0.25) is 0 Å². The van der Waals surface area contributed by atoms with Crippen LogP contribution in [0.15, 0.2) is 28.0 Å². The molecule has 6 nitrogen and oxygen atoms in total. The first-order valence-corrected chi connectivity index (χ1v) is 12.1. The minimum absolute atomic E-state index is 0.00102. The molecule has 0 saturated carbocycles. The monoisotopic (exact) mass is 435 g/mol. The first-order valence-electron chi connectivity index (χ1n) is 12.1. The van der Waals surface area contributed by atoms with Gasteiger partial charge in [0.1, 0.15) is 5.36 Å². The summed E-state index contributed by atoms with van der Waals surface area (Å²) in [5, 5.41) is 4.86. The van der Waals surface area contributed by atoms with Crippen molar-refractivity contribution in [1.29, 1.82) is 0 Å². The highest BCUT2D eigenvalue weighted by Crippen LogP contribution is 2.24. The van der Waals surface area contributed by atoms with Crippen molar-refractivity contribution in [2.45, 2.75) is 73.6 Å². The number of aromatic amines is 1. The quantitative estimate of drug-likeness (QED) is 0.547. The third kappa shape index (κ3) is 4.64. The van der Waals surface area contributed by atoms with Gasteiger partial charge >= 0.3 is 0 Å². The van der Waals surface area contributed by atoms with E-state index in [1.54, 1.807) is 4.52 Å². The Hall–Kier alpha value is -2.89.